The average Bonchev–Trinajstić information content (AvgIpc) is 1.60. The van der Waals surface area contributed by atoms with Crippen molar-refractivity contribution in [3.63, 3.8) is 0 Å². The molecule has 0 radical (unpaired) electrons. The number of carbonyl (C=O) groups is 3. The van der Waals surface area contributed by atoms with Crippen molar-refractivity contribution in [3.8, 4) is 23.5 Å². The number of rotatable bonds is 11. The lowest BCUT2D eigenvalue weighted by Crippen LogP contribution is -2.41. The summed E-state index contributed by atoms with van der Waals surface area (Å²) in [7, 11) is 5.25. The summed E-state index contributed by atoms with van der Waals surface area (Å²) in [6.45, 7) is 20.8. The van der Waals surface area contributed by atoms with Crippen LogP contribution in [0.2, 0.25) is 0 Å². The molecule has 0 saturated carbocycles. The molecule has 0 spiro atoms. The first-order chi connectivity index (χ1) is 55.0. The number of piperidine rings is 2. The zero-order valence-corrected chi connectivity index (χ0v) is 69.8. The highest BCUT2D eigenvalue weighted by Gasteiger charge is 2.49. The second-order valence-corrected chi connectivity index (χ2v) is 32.8. The predicted octanol–water partition coefficient (Wildman–Crippen LogP) is 10.2. The Morgan fingerprint density at radius 1 is 0.508 bits per heavy atom. The second kappa shape index (κ2) is 39.2. The van der Waals surface area contributed by atoms with Crippen LogP contribution in [-0.2, 0) is 56.7 Å². The van der Waals surface area contributed by atoms with E-state index in [0.29, 0.717) is 49.8 Å². The number of nitrogens with zero attached hydrogens (tertiary/aromatic N) is 11. The summed E-state index contributed by atoms with van der Waals surface area (Å²) in [5.41, 5.74) is 6.81. The summed E-state index contributed by atoms with van der Waals surface area (Å²) < 4.78 is 107. The van der Waals surface area contributed by atoms with Gasteiger partial charge in [-0.15, -0.1) is 0 Å². The van der Waals surface area contributed by atoms with Crippen molar-refractivity contribution in [3.05, 3.63) is 137 Å². The van der Waals surface area contributed by atoms with Gasteiger partial charge in [0.25, 0.3) is 5.56 Å². The number of likely N-dealkylation sites (tertiary alicyclic amines) is 1. The molecule has 7 N–H and O–H groups in total. The third-order valence-electron chi connectivity index (χ3n) is 19.2. The Hall–Kier alpha value is -10.8. The number of fused-ring (bicyclic) bond motifs is 5. The van der Waals surface area contributed by atoms with Crippen molar-refractivity contribution in [2.45, 2.75) is 142 Å². The largest absolute Gasteiger partial charge is 0.534 e. The minimum absolute atomic E-state index is 0. The Labute approximate surface area is 684 Å². The number of ether oxygens (including phenoxy) is 7. The average molecular weight is 1670 g/mol. The molecule has 2 saturated heterocycles. The van der Waals surface area contributed by atoms with Gasteiger partial charge >= 0.3 is 48.1 Å². The molecule has 0 atom stereocenters. The molecular formula is C80H109B2F3N14O18S. The number of aryl methyl sites for hydroxylation is 4. The third-order valence-corrected chi connectivity index (χ3v) is 20.2. The highest BCUT2D eigenvalue weighted by atomic mass is 32.2. The lowest BCUT2D eigenvalue weighted by Gasteiger charge is -2.33. The van der Waals surface area contributed by atoms with Crippen LogP contribution in [0.1, 0.15) is 137 Å². The van der Waals surface area contributed by atoms with E-state index in [0.717, 1.165) is 129 Å². The lowest BCUT2D eigenvalue weighted by molar-refractivity contribution is -0.0526. The lowest BCUT2D eigenvalue weighted by atomic mass is 9.81. The fourth-order valence-corrected chi connectivity index (χ4v) is 13.8. The van der Waals surface area contributed by atoms with E-state index < -0.39 is 52.8 Å². The van der Waals surface area contributed by atoms with E-state index in [2.05, 4.69) is 72.8 Å². The van der Waals surface area contributed by atoms with Gasteiger partial charge in [-0.2, -0.15) is 21.6 Å². The van der Waals surface area contributed by atoms with Crippen LogP contribution in [0.25, 0.3) is 60.7 Å². The molecule has 0 aromatic carbocycles. The van der Waals surface area contributed by atoms with Crippen LogP contribution in [0.3, 0.4) is 0 Å². The molecule has 2 fully saturated rings. The number of carbonyl (C=O) groups excluding carboxylic acids is 3. The Morgan fingerprint density at radius 2 is 0.941 bits per heavy atom. The monoisotopic (exact) mass is 1660 g/mol. The number of amides is 3. The fraction of sp³-hybridized carbons (Fsp3) is 0.475. The molecule has 10 aromatic rings. The predicted molar refractivity (Wildman–Crippen MR) is 446 cm³/mol. The van der Waals surface area contributed by atoms with Crippen LogP contribution < -0.4 is 40.7 Å². The molecule has 0 bridgehead atoms. The van der Waals surface area contributed by atoms with Gasteiger partial charge < -0.3 is 106 Å². The number of aromatic nitrogens is 10. The Morgan fingerprint density at radius 3 is 1.42 bits per heavy atom. The van der Waals surface area contributed by atoms with Gasteiger partial charge in [0.15, 0.2) is 0 Å². The first-order valence-corrected chi connectivity index (χ1v) is 39.4. The van der Waals surface area contributed by atoms with Crippen molar-refractivity contribution in [1.82, 2.24) is 68.2 Å². The maximum atomic E-state index is 12.2. The molecule has 0 unspecified atom stereocenters. The number of hydrogen-bond acceptors (Lipinski definition) is 23. The first kappa shape index (κ1) is 92.7. The second-order valence-electron chi connectivity index (χ2n) is 31.2. The molecule has 14 rings (SSSR count). The van der Waals surface area contributed by atoms with Gasteiger partial charge in [-0.25, -0.2) is 34.3 Å². The van der Waals surface area contributed by atoms with Gasteiger partial charge in [0, 0.05) is 132 Å². The molecule has 32 nitrogen and oxygen atoms in total. The maximum absolute atomic E-state index is 12.2. The molecular weight excluding hydrogens is 1560 g/mol. The molecule has 4 aliphatic heterocycles. The topological polar surface area (TPSA) is 382 Å². The maximum Gasteiger partial charge on any atom is 0.534 e. The quantitative estimate of drug-likeness (QED) is 0.0274. The molecule has 118 heavy (non-hydrogen) atoms. The molecule has 14 heterocycles. The van der Waals surface area contributed by atoms with Crippen LogP contribution in [-0.4, -0.2) is 227 Å². The van der Waals surface area contributed by atoms with Crippen LogP contribution in [0.5, 0.6) is 23.5 Å². The van der Waals surface area contributed by atoms with Crippen LogP contribution >= 0.6 is 0 Å². The van der Waals surface area contributed by atoms with Gasteiger partial charge in [0.05, 0.1) is 83.6 Å². The summed E-state index contributed by atoms with van der Waals surface area (Å²) in [4.78, 5) is 76.4. The number of pyridine rings is 5. The normalized spacial score (nSPS) is 14.9. The van der Waals surface area contributed by atoms with E-state index in [1.807, 2.05) is 128 Å². The molecule has 4 aliphatic rings. The summed E-state index contributed by atoms with van der Waals surface area (Å²) in [6, 6.07) is 19.1. The van der Waals surface area contributed by atoms with E-state index in [4.69, 9.17) is 53.3 Å². The van der Waals surface area contributed by atoms with Gasteiger partial charge in [0.1, 0.15) is 22.6 Å². The van der Waals surface area contributed by atoms with Gasteiger partial charge in [-0.1, -0.05) is 13.5 Å². The number of aromatic amines is 2. The fourth-order valence-electron chi connectivity index (χ4n) is 13.2. The number of hydrogen-bond donors (Lipinski definition) is 7. The SMILES string of the molecule is C.CC(C)(C)OC(=O)N1CC=C(OS(=O)(=O)C(F)(F)F)CC1.COc1nc2cc[nH]c2cc1B(O)O.COc1nc2ccn(C)c2cc1B(O)O.COc1nc2ccn(C)c2cc1C1=CCN(C(=O)OC(C)(C)C)CC1.COc1nc2ccn(C)c2cc1C1CCN(C(=O)OC(C)(C)C)CC1.Cn1ccc2[nH]c(=O)c(C3CCNCC3)cc21. The smallest absolute Gasteiger partial charge is 0.481 e. The van der Waals surface area contributed by atoms with Crippen LogP contribution in [0.4, 0.5) is 27.6 Å². The summed E-state index contributed by atoms with van der Waals surface area (Å²) >= 11 is 0. The Kier molecular flexibility index (Phi) is 30.8. The molecule has 640 valence electrons. The zero-order chi connectivity index (χ0) is 85.8. The van der Waals surface area contributed by atoms with Crippen molar-refractivity contribution in [2.75, 3.05) is 80.8 Å². The van der Waals surface area contributed by atoms with Gasteiger partial charge in [-0.3, -0.25) is 4.79 Å². The van der Waals surface area contributed by atoms with Gasteiger partial charge in [0.2, 0.25) is 23.5 Å². The first-order valence-electron chi connectivity index (χ1n) is 38.0. The van der Waals surface area contributed by atoms with Crippen LogP contribution in [0.15, 0.2) is 114 Å². The van der Waals surface area contributed by atoms with Crippen molar-refractivity contribution >= 4 is 114 Å². The minimum Gasteiger partial charge on any atom is -0.481 e. The summed E-state index contributed by atoms with van der Waals surface area (Å²) in [6.07, 6.45) is 16.1. The highest BCUT2D eigenvalue weighted by molar-refractivity contribution is 7.87. The Bertz CT molecular complexity index is 5370. The number of methoxy groups -OCH3 is 4. The summed E-state index contributed by atoms with van der Waals surface area (Å²) in [5.74, 6) is 2.17. The summed E-state index contributed by atoms with van der Waals surface area (Å²) in [5, 5.41) is 39.7. The van der Waals surface area contributed by atoms with Crippen molar-refractivity contribution < 1.29 is 93.4 Å². The number of nitrogens with one attached hydrogen (secondary N) is 3. The van der Waals surface area contributed by atoms with E-state index in [1.165, 1.54) is 19.1 Å². The standard InChI is InChI=1S/C19H27N3O3.C19H25N3O3.C13H17N3O.C11H16F3NO5S.C9H11BN2O3.C8H9BN2O3.CH4/c2*1-19(2,3)25-18(23)22-10-6-13(7-11-22)14-12-16-15(8-9-21(16)4)20-17(14)24-5;1-16-7-4-11-12(16)8-10(13(17)15-11)9-2-5-14-6-3-9;1-10(2,3)19-9(16)15-6-4-8(5-7-15)20-21(17,18)11(12,13)14;1-12-4-3-7-8(12)5-6(10(13)14)9(11-7)15-2;1-14-8-5(9(12)13)4-7-6(11-8)2-3-10-7;/h8-9,12-13H,6-7,10-11H2,1-5H3;6,8-9,12H,7,10-11H2,1-5H3;4,7-9,14H,2-3,5-6H2,1H3,(H,15,17);4H,5-7H2,1-3H3;3-5,13-14H,1-2H3;2-4,10,12-13H,1H3;1H4. The van der Waals surface area contributed by atoms with Gasteiger partial charge in [-0.05, 0) is 192 Å². The van der Waals surface area contributed by atoms with Crippen molar-refractivity contribution in [2.24, 2.45) is 28.2 Å². The molecule has 10 aromatic heterocycles. The minimum atomic E-state index is -5.67. The number of halogens is 3. The van der Waals surface area contributed by atoms with E-state index in [9.17, 15) is 40.8 Å². The van der Waals surface area contributed by atoms with Crippen molar-refractivity contribution in [1.29, 1.82) is 0 Å². The Balaban J connectivity index is 0.000000178. The highest BCUT2D eigenvalue weighted by Crippen LogP contribution is 2.37. The molecule has 38 heteroatoms. The third kappa shape index (κ3) is 24.0. The number of alkyl halides is 3. The molecule has 3 amide bonds. The molecule has 0 aliphatic carbocycles. The van der Waals surface area contributed by atoms with E-state index in [-0.39, 0.29) is 73.1 Å². The van der Waals surface area contributed by atoms with E-state index >= 15 is 0 Å². The number of H-pyrrole nitrogens is 2. The zero-order valence-electron chi connectivity index (χ0n) is 69.0. The van der Waals surface area contributed by atoms with Crippen LogP contribution in [0, 0.1) is 0 Å². The van der Waals surface area contributed by atoms with E-state index in [1.54, 1.807) is 69.2 Å².